The Bertz CT molecular complexity index is 564. The highest BCUT2D eigenvalue weighted by molar-refractivity contribution is 6.00. The summed E-state index contributed by atoms with van der Waals surface area (Å²) in [6.45, 7) is 1.68. The van der Waals surface area contributed by atoms with Crippen molar-refractivity contribution in [2.45, 2.75) is 13.0 Å². The predicted molar refractivity (Wildman–Crippen MR) is 81.4 cm³/mol. The molecule has 1 aromatic rings. The molecular formula is C16H19N2O3. The minimum absolute atomic E-state index is 0.153. The fourth-order valence-electron chi connectivity index (χ4n) is 1.87. The van der Waals surface area contributed by atoms with E-state index >= 15 is 0 Å². The third kappa shape index (κ3) is 4.02. The van der Waals surface area contributed by atoms with E-state index in [1.807, 2.05) is 0 Å². The molecule has 0 heterocycles. The van der Waals surface area contributed by atoms with Gasteiger partial charge in [0.05, 0.1) is 0 Å². The number of rotatable bonds is 5. The van der Waals surface area contributed by atoms with Gasteiger partial charge >= 0.3 is 0 Å². The zero-order chi connectivity index (χ0) is 16.0. The molecule has 0 saturated carbocycles. The maximum Gasteiger partial charge on any atom is 0.254 e. The summed E-state index contributed by atoms with van der Waals surface area (Å²) in [6.07, 6.45) is 4.38. The van der Waals surface area contributed by atoms with Gasteiger partial charge in [-0.3, -0.25) is 14.4 Å². The van der Waals surface area contributed by atoms with E-state index in [9.17, 15) is 14.4 Å². The molecule has 0 aliphatic carbocycles. The van der Waals surface area contributed by atoms with Crippen LogP contribution in [0.5, 0.6) is 0 Å². The standard InChI is InChI=1S/C16H19N2O3/c1-12(15(20)17(2)3)18(4)16(21)14-10-6-5-8-13(14)9-7-11-19/h5-10,12H,1-4H3/b9-7+. The molecule has 0 N–H and O–H groups in total. The molecule has 5 nitrogen and oxygen atoms in total. The molecule has 21 heavy (non-hydrogen) atoms. The molecular weight excluding hydrogens is 268 g/mol. The van der Waals surface area contributed by atoms with Crippen LogP contribution in [0.2, 0.25) is 0 Å². The number of hydrogen-bond donors (Lipinski definition) is 0. The summed E-state index contributed by atoms with van der Waals surface area (Å²) >= 11 is 0. The van der Waals surface area contributed by atoms with E-state index in [1.165, 1.54) is 22.0 Å². The lowest BCUT2D eigenvalue weighted by atomic mass is 10.1. The summed E-state index contributed by atoms with van der Waals surface area (Å²) in [6, 6.07) is 6.34. The number of amides is 2. The summed E-state index contributed by atoms with van der Waals surface area (Å²) in [5.74, 6) is -0.427. The molecule has 1 aromatic carbocycles. The van der Waals surface area contributed by atoms with Crippen LogP contribution in [-0.2, 0) is 9.59 Å². The van der Waals surface area contributed by atoms with E-state index in [-0.39, 0.29) is 11.8 Å². The number of carbonyl (C=O) groups is 2. The van der Waals surface area contributed by atoms with Crippen LogP contribution in [0.3, 0.4) is 0 Å². The molecule has 0 aliphatic rings. The summed E-state index contributed by atoms with van der Waals surface area (Å²) in [7, 11) is 4.88. The van der Waals surface area contributed by atoms with Crippen LogP contribution in [0.15, 0.2) is 30.3 Å². The third-order valence-corrected chi connectivity index (χ3v) is 3.22. The molecule has 0 spiro atoms. The van der Waals surface area contributed by atoms with Crippen molar-refractivity contribution in [1.29, 1.82) is 0 Å². The Hall–Kier alpha value is -2.43. The van der Waals surface area contributed by atoms with Crippen molar-refractivity contribution in [3.63, 3.8) is 0 Å². The third-order valence-electron chi connectivity index (χ3n) is 3.22. The lowest BCUT2D eigenvalue weighted by Crippen LogP contribution is -2.45. The van der Waals surface area contributed by atoms with Gasteiger partial charge in [0.2, 0.25) is 12.2 Å². The quantitative estimate of drug-likeness (QED) is 0.768. The van der Waals surface area contributed by atoms with Crippen LogP contribution >= 0.6 is 0 Å². The lowest BCUT2D eigenvalue weighted by Gasteiger charge is -2.27. The number of hydrogen-bond acceptors (Lipinski definition) is 3. The van der Waals surface area contributed by atoms with Gasteiger partial charge < -0.3 is 9.80 Å². The van der Waals surface area contributed by atoms with E-state index in [4.69, 9.17) is 0 Å². The average Bonchev–Trinajstić information content (AvgIpc) is 2.50. The normalized spacial score (nSPS) is 12.0. The van der Waals surface area contributed by atoms with Crippen LogP contribution in [0, 0.1) is 0 Å². The van der Waals surface area contributed by atoms with Crippen LogP contribution in [-0.4, -0.2) is 55.1 Å². The van der Waals surface area contributed by atoms with Crippen molar-refractivity contribution in [2.75, 3.05) is 21.1 Å². The number of allylic oxidation sites excluding steroid dienone is 1. The maximum absolute atomic E-state index is 12.5. The molecule has 1 radical (unpaired) electrons. The van der Waals surface area contributed by atoms with Crippen molar-refractivity contribution < 1.29 is 14.4 Å². The second kappa shape index (κ2) is 7.38. The Morgan fingerprint density at radius 3 is 2.38 bits per heavy atom. The molecule has 111 valence electrons. The molecule has 1 unspecified atom stereocenters. The Kier molecular flexibility index (Phi) is 5.84. The summed E-state index contributed by atoms with van der Waals surface area (Å²) < 4.78 is 0. The highest BCUT2D eigenvalue weighted by Crippen LogP contribution is 2.14. The van der Waals surface area contributed by atoms with Crippen molar-refractivity contribution in [1.82, 2.24) is 9.80 Å². The zero-order valence-electron chi connectivity index (χ0n) is 12.7. The molecule has 0 aliphatic heterocycles. The molecule has 1 atom stereocenters. The SMILES string of the molecule is CC(C(=O)N(C)C)N(C)C(=O)c1ccccc1/C=C/[C]=O. The van der Waals surface area contributed by atoms with Crippen LogP contribution in [0.4, 0.5) is 0 Å². The van der Waals surface area contributed by atoms with E-state index in [0.717, 1.165) is 0 Å². The fraction of sp³-hybridized carbons (Fsp3) is 0.312. The van der Waals surface area contributed by atoms with Crippen molar-refractivity contribution in [3.05, 3.63) is 41.5 Å². The Balaban J connectivity index is 3.06. The highest BCUT2D eigenvalue weighted by atomic mass is 16.2. The molecule has 0 aromatic heterocycles. The maximum atomic E-state index is 12.5. The van der Waals surface area contributed by atoms with Crippen LogP contribution in [0.25, 0.3) is 6.08 Å². The summed E-state index contributed by atoms with van der Waals surface area (Å²) in [5.41, 5.74) is 1.05. The van der Waals surface area contributed by atoms with Gasteiger partial charge in [0.15, 0.2) is 0 Å². The highest BCUT2D eigenvalue weighted by Gasteiger charge is 2.25. The first-order valence-corrected chi connectivity index (χ1v) is 6.51. The second-order valence-electron chi connectivity index (χ2n) is 4.86. The first kappa shape index (κ1) is 16.6. The Morgan fingerprint density at radius 1 is 1.19 bits per heavy atom. The largest absolute Gasteiger partial charge is 0.347 e. The van der Waals surface area contributed by atoms with Gasteiger partial charge in [-0.15, -0.1) is 0 Å². The number of nitrogens with zero attached hydrogens (tertiary/aromatic N) is 2. The number of benzene rings is 1. The number of carbonyl (C=O) groups excluding carboxylic acids is 3. The van der Waals surface area contributed by atoms with Crippen molar-refractivity contribution >= 4 is 24.2 Å². The van der Waals surface area contributed by atoms with Gasteiger partial charge in [0, 0.05) is 26.7 Å². The summed E-state index contributed by atoms with van der Waals surface area (Å²) in [4.78, 5) is 37.6. The molecule has 0 fully saturated rings. The molecule has 0 bridgehead atoms. The van der Waals surface area contributed by atoms with E-state index < -0.39 is 6.04 Å². The van der Waals surface area contributed by atoms with Crippen molar-refractivity contribution in [3.8, 4) is 0 Å². The van der Waals surface area contributed by atoms with Gasteiger partial charge in [-0.05, 0) is 24.6 Å². The Morgan fingerprint density at radius 2 is 1.81 bits per heavy atom. The fourth-order valence-corrected chi connectivity index (χ4v) is 1.87. The van der Waals surface area contributed by atoms with Gasteiger partial charge in [-0.1, -0.05) is 24.3 Å². The van der Waals surface area contributed by atoms with Crippen LogP contribution < -0.4 is 0 Å². The second-order valence-corrected chi connectivity index (χ2v) is 4.86. The van der Waals surface area contributed by atoms with E-state index in [1.54, 1.807) is 58.6 Å². The zero-order valence-corrected chi connectivity index (χ0v) is 12.7. The topological polar surface area (TPSA) is 57.7 Å². The molecule has 1 rings (SSSR count). The monoisotopic (exact) mass is 287 g/mol. The van der Waals surface area contributed by atoms with Gasteiger partial charge in [-0.25, -0.2) is 0 Å². The molecule has 5 heteroatoms. The van der Waals surface area contributed by atoms with Gasteiger partial charge in [-0.2, -0.15) is 0 Å². The molecule has 0 saturated heterocycles. The first-order valence-electron chi connectivity index (χ1n) is 6.51. The van der Waals surface area contributed by atoms with Crippen molar-refractivity contribution in [2.24, 2.45) is 0 Å². The average molecular weight is 287 g/mol. The number of likely N-dealkylation sites (N-methyl/N-ethyl adjacent to an activating group) is 2. The minimum Gasteiger partial charge on any atom is -0.347 e. The lowest BCUT2D eigenvalue weighted by molar-refractivity contribution is -0.132. The predicted octanol–water partition coefficient (Wildman–Crippen LogP) is 1.36. The van der Waals surface area contributed by atoms with E-state index in [2.05, 4.69) is 0 Å². The summed E-state index contributed by atoms with van der Waals surface area (Å²) in [5, 5.41) is 0. The first-order chi connectivity index (χ1) is 9.90. The van der Waals surface area contributed by atoms with Gasteiger partial charge in [0.25, 0.3) is 5.91 Å². The van der Waals surface area contributed by atoms with E-state index in [0.29, 0.717) is 11.1 Å². The Labute approximate surface area is 124 Å². The van der Waals surface area contributed by atoms with Crippen LogP contribution in [0.1, 0.15) is 22.8 Å². The smallest absolute Gasteiger partial charge is 0.254 e. The minimum atomic E-state index is -0.567. The van der Waals surface area contributed by atoms with Gasteiger partial charge in [0.1, 0.15) is 6.04 Å². The molecule has 2 amide bonds.